The molecule has 0 unspecified atom stereocenters. The minimum absolute atomic E-state index is 0.106. The first-order chi connectivity index (χ1) is 20.2. The van der Waals surface area contributed by atoms with E-state index >= 15 is 0 Å². The summed E-state index contributed by atoms with van der Waals surface area (Å²) in [6, 6.07) is 15.7. The fourth-order valence-corrected chi connectivity index (χ4v) is 5.25. The van der Waals surface area contributed by atoms with E-state index in [1.54, 1.807) is 30.6 Å². The topological polar surface area (TPSA) is 97.8 Å². The lowest BCUT2D eigenvalue weighted by Crippen LogP contribution is -2.37. The van der Waals surface area contributed by atoms with E-state index in [1.807, 2.05) is 47.8 Å². The third-order valence-corrected chi connectivity index (χ3v) is 7.69. The predicted molar refractivity (Wildman–Crippen MR) is 163 cm³/mol. The van der Waals surface area contributed by atoms with Gasteiger partial charge in [0.15, 0.2) is 11.5 Å². The molecule has 1 saturated heterocycles. The molecular weight excluding hydrogens is 538 g/mol. The highest BCUT2D eigenvalue weighted by molar-refractivity contribution is 7.09. The van der Waals surface area contributed by atoms with Gasteiger partial charge in [-0.1, -0.05) is 18.2 Å². The number of thiophene rings is 1. The van der Waals surface area contributed by atoms with Crippen LogP contribution < -0.4 is 20.1 Å². The highest BCUT2D eigenvalue weighted by Crippen LogP contribution is 2.34. The fraction of sp³-hybridized carbons (Fsp3) is 0.323. The number of nitrogens with one attached hydrogen (secondary N) is 2. The molecule has 41 heavy (non-hydrogen) atoms. The normalized spacial score (nSPS) is 13.9. The zero-order valence-electron chi connectivity index (χ0n) is 23.2. The Morgan fingerprint density at radius 2 is 1.98 bits per heavy atom. The summed E-state index contributed by atoms with van der Waals surface area (Å²) in [4.78, 5) is 24.7. The van der Waals surface area contributed by atoms with Crippen molar-refractivity contribution in [2.45, 2.75) is 12.8 Å². The van der Waals surface area contributed by atoms with Crippen molar-refractivity contribution >= 4 is 45.7 Å². The van der Waals surface area contributed by atoms with Crippen molar-refractivity contribution in [3.8, 4) is 11.5 Å². The molecule has 0 atom stereocenters. The van der Waals surface area contributed by atoms with Crippen LogP contribution in [0.25, 0.3) is 17.0 Å². The average molecular weight is 574 g/mol. The molecule has 9 nitrogen and oxygen atoms in total. The van der Waals surface area contributed by atoms with Crippen molar-refractivity contribution in [2.75, 3.05) is 58.4 Å². The molecule has 0 saturated carbocycles. The molecule has 0 radical (unpaired) electrons. The number of fused-ring (bicyclic) bond motifs is 1. The van der Waals surface area contributed by atoms with Crippen LogP contribution in [0.3, 0.4) is 0 Å². The molecule has 2 aromatic carbocycles. The molecule has 2 N–H and O–H groups in total. The first-order valence-electron chi connectivity index (χ1n) is 13.8. The second kappa shape index (κ2) is 14.6. The van der Waals surface area contributed by atoms with Crippen LogP contribution in [0.5, 0.6) is 11.5 Å². The number of methoxy groups -OCH3 is 1. The second-order valence-electron chi connectivity index (χ2n) is 9.60. The number of aromatic nitrogens is 2. The number of carbonyl (C=O) groups is 1. The maximum atomic E-state index is 12.1. The molecular formula is C31H35N5O4S. The maximum Gasteiger partial charge on any atom is 0.244 e. The Bertz CT molecular complexity index is 1440. The van der Waals surface area contributed by atoms with Gasteiger partial charge in [-0.15, -0.1) is 11.3 Å². The van der Waals surface area contributed by atoms with E-state index in [0.717, 1.165) is 67.8 Å². The van der Waals surface area contributed by atoms with Crippen LogP contribution in [0.2, 0.25) is 0 Å². The highest BCUT2D eigenvalue weighted by atomic mass is 32.1. The first-order valence-corrected chi connectivity index (χ1v) is 14.7. The van der Waals surface area contributed by atoms with E-state index in [4.69, 9.17) is 14.2 Å². The lowest BCUT2D eigenvalue weighted by atomic mass is 10.1. The first kappa shape index (κ1) is 28.5. The number of nitrogens with zero attached hydrogens (tertiary/aromatic N) is 3. The van der Waals surface area contributed by atoms with Gasteiger partial charge in [0.2, 0.25) is 5.91 Å². The lowest BCUT2D eigenvalue weighted by Gasteiger charge is -2.26. The minimum Gasteiger partial charge on any atom is -0.493 e. The predicted octanol–water partition coefficient (Wildman–Crippen LogP) is 4.92. The Kier molecular flexibility index (Phi) is 10.2. The number of hydrogen-bond donors (Lipinski definition) is 2. The van der Waals surface area contributed by atoms with E-state index in [-0.39, 0.29) is 5.91 Å². The smallest absolute Gasteiger partial charge is 0.244 e. The molecule has 1 aliphatic rings. The third-order valence-electron chi connectivity index (χ3n) is 6.75. The summed E-state index contributed by atoms with van der Waals surface area (Å²) < 4.78 is 17.1. The molecule has 0 aliphatic carbocycles. The second-order valence-corrected chi connectivity index (χ2v) is 10.6. The van der Waals surface area contributed by atoms with E-state index in [9.17, 15) is 4.79 Å². The van der Waals surface area contributed by atoms with Crippen molar-refractivity contribution < 1.29 is 19.0 Å². The Morgan fingerprint density at radius 3 is 2.76 bits per heavy atom. The van der Waals surface area contributed by atoms with Gasteiger partial charge < -0.3 is 24.8 Å². The van der Waals surface area contributed by atoms with Crippen molar-refractivity contribution in [1.29, 1.82) is 0 Å². The molecule has 10 heteroatoms. The summed E-state index contributed by atoms with van der Waals surface area (Å²) >= 11 is 1.70. The number of anilines is 2. The van der Waals surface area contributed by atoms with Gasteiger partial charge >= 0.3 is 0 Å². The molecule has 2 aromatic heterocycles. The number of morpholine rings is 1. The van der Waals surface area contributed by atoms with Crippen LogP contribution in [0.1, 0.15) is 16.9 Å². The van der Waals surface area contributed by atoms with Gasteiger partial charge in [0.25, 0.3) is 0 Å². The van der Waals surface area contributed by atoms with Gasteiger partial charge in [0.05, 0.1) is 32.4 Å². The summed E-state index contributed by atoms with van der Waals surface area (Å²) in [7, 11) is 1.63. The van der Waals surface area contributed by atoms with Crippen LogP contribution in [0, 0.1) is 0 Å². The van der Waals surface area contributed by atoms with Crippen LogP contribution in [0.15, 0.2) is 66.3 Å². The van der Waals surface area contributed by atoms with Crippen molar-refractivity contribution in [3.05, 3.63) is 76.8 Å². The molecule has 5 rings (SSSR count). The van der Waals surface area contributed by atoms with E-state index in [1.165, 1.54) is 11.2 Å². The standard InChI is InChI=1S/C31H35N5O4S/c1-38-28-20-26-27(21-29(28)40-16-3-13-36-14-17-39-18-15-36)33-22-34-31(26)35-24-8-5-23(6-9-24)7-10-30(37)32-12-11-25-4-2-19-41-25/h2,4-10,19-22H,3,11-18H2,1H3,(H,32,37)(H,33,34,35)/b10-7+. The van der Waals surface area contributed by atoms with Gasteiger partial charge in [-0.25, -0.2) is 9.97 Å². The minimum atomic E-state index is -0.106. The summed E-state index contributed by atoms with van der Waals surface area (Å²) in [5.74, 6) is 1.86. The molecule has 1 amide bonds. The summed E-state index contributed by atoms with van der Waals surface area (Å²) in [6.07, 6.45) is 6.66. The van der Waals surface area contributed by atoms with Gasteiger partial charge in [-0.05, 0) is 54.1 Å². The Morgan fingerprint density at radius 1 is 1.12 bits per heavy atom. The SMILES string of the molecule is COc1cc2c(Nc3ccc(/C=C/C(=O)NCCc4cccs4)cc3)ncnc2cc1OCCCN1CCOCC1. The van der Waals surface area contributed by atoms with Gasteiger partial charge in [0, 0.05) is 54.3 Å². The molecule has 214 valence electrons. The van der Waals surface area contributed by atoms with Crippen LogP contribution >= 0.6 is 11.3 Å². The number of ether oxygens (including phenoxy) is 3. The highest BCUT2D eigenvalue weighted by Gasteiger charge is 2.13. The summed E-state index contributed by atoms with van der Waals surface area (Å²) in [6.45, 7) is 5.73. The van der Waals surface area contributed by atoms with Crippen LogP contribution in [-0.4, -0.2) is 73.9 Å². The number of hydrogen-bond acceptors (Lipinski definition) is 9. The number of carbonyl (C=O) groups excluding carboxylic acids is 1. The largest absolute Gasteiger partial charge is 0.493 e. The van der Waals surface area contributed by atoms with Crippen molar-refractivity contribution in [1.82, 2.24) is 20.2 Å². The van der Waals surface area contributed by atoms with E-state index in [2.05, 4.69) is 31.6 Å². The zero-order chi connectivity index (χ0) is 28.3. The summed E-state index contributed by atoms with van der Waals surface area (Å²) in [5, 5.41) is 9.17. The lowest BCUT2D eigenvalue weighted by molar-refractivity contribution is -0.116. The van der Waals surface area contributed by atoms with Crippen LogP contribution in [0.4, 0.5) is 11.5 Å². The van der Waals surface area contributed by atoms with Crippen molar-refractivity contribution in [3.63, 3.8) is 0 Å². The molecule has 1 aliphatic heterocycles. The van der Waals surface area contributed by atoms with E-state index in [0.29, 0.717) is 30.5 Å². The molecule has 3 heterocycles. The number of amides is 1. The Labute approximate surface area is 244 Å². The third kappa shape index (κ3) is 8.26. The summed E-state index contributed by atoms with van der Waals surface area (Å²) in [5.41, 5.74) is 2.55. The number of benzene rings is 2. The van der Waals surface area contributed by atoms with Crippen LogP contribution in [-0.2, 0) is 16.0 Å². The van der Waals surface area contributed by atoms with E-state index < -0.39 is 0 Å². The molecule has 1 fully saturated rings. The average Bonchev–Trinajstić information content (AvgIpc) is 3.53. The van der Waals surface area contributed by atoms with Crippen molar-refractivity contribution in [2.24, 2.45) is 0 Å². The van der Waals surface area contributed by atoms with Gasteiger partial charge in [-0.2, -0.15) is 0 Å². The number of rotatable bonds is 13. The molecule has 4 aromatic rings. The quantitative estimate of drug-likeness (QED) is 0.172. The fourth-order valence-electron chi connectivity index (χ4n) is 4.54. The monoisotopic (exact) mass is 573 g/mol. The zero-order valence-corrected chi connectivity index (χ0v) is 24.0. The van der Waals surface area contributed by atoms with Gasteiger partial charge in [0.1, 0.15) is 12.1 Å². The van der Waals surface area contributed by atoms with Gasteiger partial charge in [-0.3, -0.25) is 9.69 Å². The Hall–Kier alpha value is -3.99. The maximum absolute atomic E-state index is 12.1. The Balaban J connectivity index is 1.17. The molecule has 0 bridgehead atoms. The molecule has 0 spiro atoms.